The van der Waals surface area contributed by atoms with E-state index in [0.717, 1.165) is 127 Å². The SMILES string of the molecule is N#Cc1cc(-c2ccc(-n3c4ccc(-c5ccc6c(c5)c5ccccc5n6-c5ccccc5)cc4c4c5ccccc5ccc43)cc2)nc2ccccc12.N#Cc1cc(-n2c3ccc(-n4c5ccccc5c5c6ccccc6ccc54)cc3c3c4ccccc4ccc32)nc2ccccc12.N#Cc1nc(-n2c3ccc(-n4c5ccccc5c5c6ccccc6ccc54)cc3c3c4ccccc4ccc32)nc2ccccc12. The summed E-state index contributed by atoms with van der Waals surface area (Å²) in [5.74, 6) is 1.23. The van der Waals surface area contributed by atoms with Crippen molar-refractivity contribution in [2.75, 3.05) is 0 Å². The Labute approximate surface area is 833 Å². The van der Waals surface area contributed by atoms with Gasteiger partial charge in [0.25, 0.3) is 0 Å². The fourth-order valence-electron chi connectivity index (χ4n) is 23.4. The number of fused-ring (bicyclic) bond motifs is 31. The van der Waals surface area contributed by atoms with Gasteiger partial charge in [0.2, 0.25) is 5.95 Å². The topological polar surface area (TPSA) is 153 Å². The van der Waals surface area contributed by atoms with Crippen molar-refractivity contribution in [1.82, 2.24) is 47.3 Å². The van der Waals surface area contributed by atoms with E-state index < -0.39 is 0 Å². The van der Waals surface area contributed by atoms with Crippen LogP contribution in [0.15, 0.2) is 467 Å². The Morgan fingerprint density at radius 1 is 0.171 bits per heavy atom. The van der Waals surface area contributed by atoms with Crippen molar-refractivity contribution < 1.29 is 0 Å². The van der Waals surface area contributed by atoms with Crippen LogP contribution in [0.25, 0.3) is 274 Å². The molecule has 0 atom stereocenters. The molecular formula is C133H77N13. The summed E-state index contributed by atoms with van der Waals surface area (Å²) < 4.78 is 13.8. The molecule has 31 aromatic rings. The van der Waals surface area contributed by atoms with E-state index in [1.807, 2.05) is 84.9 Å². The summed E-state index contributed by atoms with van der Waals surface area (Å²) in [7, 11) is 0. The van der Waals surface area contributed by atoms with Crippen LogP contribution >= 0.6 is 0 Å². The van der Waals surface area contributed by atoms with Crippen LogP contribution in [0.3, 0.4) is 0 Å². The summed E-state index contributed by atoms with van der Waals surface area (Å²) in [6.45, 7) is 0. The molecule has 9 heterocycles. The van der Waals surface area contributed by atoms with Crippen molar-refractivity contribution in [3.05, 3.63) is 484 Å². The zero-order valence-corrected chi connectivity index (χ0v) is 78.3. The molecular weight excluding hydrogens is 1780 g/mol. The summed E-state index contributed by atoms with van der Waals surface area (Å²) in [5, 5.41) is 59.2. The number of aromatic nitrogens is 10. The van der Waals surface area contributed by atoms with Gasteiger partial charge in [-0.3, -0.25) is 9.13 Å². The predicted molar refractivity (Wildman–Crippen MR) is 602 cm³/mol. The second-order valence-corrected chi connectivity index (χ2v) is 37.6. The average Bonchev–Trinajstić information content (AvgIpc) is 1.56. The largest absolute Gasteiger partial charge is 0.309 e. The first kappa shape index (κ1) is 82.6. The van der Waals surface area contributed by atoms with E-state index in [1.54, 1.807) is 0 Å². The van der Waals surface area contributed by atoms with E-state index in [2.05, 4.69) is 428 Å². The van der Waals surface area contributed by atoms with Crippen LogP contribution in [0.4, 0.5) is 0 Å². The van der Waals surface area contributed by atoms with E-state index in [4.69, 9.17) is 19.9 Å². The molecule has 0 spiro atoms. The molecule has 0 aliphatic heterocycles. The van der Waals surface area contributed by atoms with Gasteiger partial charge in [0.05, 0.1) is 112 Å². The maximum Gasteiger partial charge on any atom is 0.236 e. The first-order chi connectivity index (χ1) is 72.3. The van der Waals surface area contributed by atoms with Crippen molar-refractivity contribution >= 4 is 217 Å². The molecule has 13 heteroatoms. The van der Waals surface area contributed by atoms with Gasteiger partial charge < -0.3 is 18.3 Å². The van der Waals surface area contributed by atoms with Crippen molar-refractivity contribution in [1.29, 1.82) is 15.8 Å². The molecule has 13 nitrogen and oxygen atoms in total. The average molecular weight is 1860 g/mol. The fourth-order valence-corrected chi connectivity index (χ4v) is 23.4. The highest BCUT2D eigenvalue weighted by atomic mass is 15.2. The van der Waals surface area contributed by atoms with Crippen LogP contribution in [-0.4, -0.2) is 47.3 Å². The third kappa shape index (κ3) is 12.8. The van der Waals surface area contributed by atoms with Crippen molar-refractivity contribution in [2.24, 2.45) is 0 Å². The Kier molecular flexibility index (Phi) is 18.6. The second-order valence-electron chi connectivity index (χ2n) is 37.6. The van der Waals surface area contributed by atoms with Crippen LogP contribution in [0.2, 0.25) is 0 Å². The molecule has 0 saturated heterocycles. The molecule has 0 saturated carbocycles. The van der Waals surface area contributed by atoms with Gasteiger partial charge in [-0.2, -0.15) is 15.8 Å². The molecule has 0 N–H and O–H groups in total. The normalized spacial score (nSPS) is 11.8. The number of para-hydroxylation sites is 7. The Morgan fingerprint density at radius 3 is 0.966 bits per heavy atom. The fraction of sp³-hybridized carbons (Fsp3) is 0. The summed E-state index contributed by atoms with van der Waals surface area (Å²) in [6, 6.07) is 172. The zero-order valence-electron chi connectivity index (χ0n) is 78.3. The molecule has 0 radical (unpaired) electrons. The van der Waals surface area contributed by atoms with Crippen LogP contribution in [0.5, 0.6) is 0 Å². The molecule has 0 bridgehead atoms. The minimum Gasteiger partial charge on any atom is -0.309 e. The Balaban J connectivity index is 0.000000104. The lowest BCUT2D eigenvalue weighted by atomic mass is 9.99. The van der Waals surface area contributed by atoms with Crippen LogP contribution in [-0.2, 0) is 0 Å². The van der Waals surface area contributed by atoms with Gasteiger partial charge in [-0.05, 0) is 235 Å². The summed E-state index contributed by atoms with van der Waals surface area (Å²) in [4.78, 5) is 19.8. The van der Waals surface area contributed by atoms with Gasteiger partial charge >= 0.3 is 0 Å². The minimum absolute atomic E-state index is 0.366. The molecule has 146 heavy (non-hydrogen) atoms. The second kappa shape index (κ2) is 32.9. The number of nitriles is 3. The Morgan fingerprint density at radius 2 is 0.479 bits per heavy atom. The maximum absolute atomic E-state index is 10.1. The molecule has 31 rings (SSSR count). The van der Waals surface area contributed by atoms with Gasteiger partial charge in [-0.15, -0.1) is 0 Å². The van der Waals surface area contributed by atoms with E-state index in [9.17, 15) is 15.8 Å². The van der Waals surface area contributed by atoms with E-state index >= 15 is 0 Å². The highest BCUT2D eigenvalue weighted by Crippen LogP contribution is 2.48. The molecule has 0 fully saturated rings. The quantitative estimate of drug-likeness (QED) is 0.147. The number of rotatable bonds is 8. The molecule has 0 unspecified atom stereocenters. The van der Waals surface area contributed by atoms with Crippen LogP contribution in [0.1, 0.15) is 16.8 Å². The molecule has 22 aromatic carbocycles. The molecule has 0 aliphatic carbocycles. The van der Waals surface area contributed by atoms with Gasteiger partial charge in [0.1, 0.15) is 11.9 Å². The number of pyridine rings is 2. The van der Waals surface area contributed by atoms with Crippen LogP contribution < -0.4 is 0 Å². The Bertz CT molecular complexity index is 10800. The minimum atomic E-state index is 0.366. The number of benzene rings is 22. The van der Waals surface area contributed by atoms with Crippen LogP contribution in [0, 0.1) is 34.0 Å². The smallest absolute Gasteiger partial charge is 0.236 e. The number of hydrogen-bond donors (Lipinski definition) is 0. The first-order valence-electron chi connectivity index (χ1n) is 49.0. The third-order valence-electron chi connectivity index (χ3n) is 29.8. The van der Waals surface area contributed by atoms with Gasteiger partial charge in [0.15, 0.2) is 5.69 Å². The molecule has 9 aromatic heterocycles. The molecule has 0 aliphatic rings. The first-order valence-corrected chi connectivity index (χ1v) is 49.0. The van der Waals surface area contributed by atoms with E-state index in [1.165, 1.54) is 141 Å². The summed E-state index contributed by atoms with van der Waals surface area (Å²) >= 11 is 0. The number of nitrogens with zero attached hydrogens (tertiary/aromatic N) is 13. The number of hydrogen-bond acceptors (Lipinski definition) is 7. The summed E-state index contributed by atoms with van der Waals surface area (Å²) in [6.07, 6.45) is 0. The van der Waals surface area contributed by atoms with Gasteiger partial charge in [-0.1, -0.05) is 297 Å². The molecule has 674 valence electrons. The lowest BCUT2D eigenvalue weighted by Gasteiger charge is -2.11. The lowest BCUT2D eigenvalue weighted by molar-refractivity contribution is 1.00. The van der Waals surface area contributed by atoms with E-state index in [-0.39, 0.29) is 0 Å². The van der Waals surface area contributed by atoms with E-state index in [0.29, 0.717) is 22.8 Å². The Hall–Kier alpha value is -20.4. The predicted octanol–water partition coefficient (Wildman–Crippen LogP) is 33.4. The van der Waals surface area contributed by atoms with Gasteiger partial charge in [0, 0.05) is 109 Å². The summed E-state index contributed by atoms with van der Waals surface area (Å²) in [5.41, 5.74) is 26.0. The highest BCUT2D eigenvalue weighted by Gasteiger charge is 2.27. The van der Waals surface area contributed by atoms with Crippen molar-refractivity contribution in [3.8, 4) is 75.1 Å². The standard InChI is InChI=1S/C50H30N4.C42H24N4.C41H23N5/c51-31-36-30-45(52-44-16-8-6-13-39(36)44)33-18-23-38(24-19-33)54-48-26-22-35(29-43(48)50-40-14-5-4-10-32(40)20-27-49(50)54)34-21-25-47-42(28-34)41-15-7-9-17-46(41)53(47)37-11-2-1-3-12-37;43-25-28-23-40(44-35-15-7-5-11-30(28)35)46-37-22-19-29(24-34(37)42-32-13-4-2-10-27(32)18-21-39(42)46)45-36-16-8-6-14-33(36)41-31-12-3-1-9-26(31)17-20-38(41)45;42-24-34-30-13-5-7-15-33(30)43-41(44-34)46-36-22-19-27(23-32(36)40-29-12-4-2-10-26(29)18-21-38(40)46)45-35-16-8-6-14-31(35)39-28-11-3-1-9-25(28)17-20-37(39)45/h1-30H;1-24H;1-23H. The maximum atomic E-state index is 10.1. The highest BCUT2D eigenvalue weighted by molar-refractivity contribution is 6.28. The lowest BCUT2D eigenvalue weighted by Crippen LogP contribution is -2.03. The third-order valence-corrected chi connectivity index (χ3v) is 29.8. The van der Waals surface area contributed by atoms with Gasteiger partial charge in [-0.25, -0.2) is 19.9 Å². The molecule has 0 amide bonds. The van der Waals surface area contributed by atoms with Crippen molar-refractivity contribution in [3.63, 3.8) is 0 Å². The monoisotopic (exact) mass is 1860 g/mol. The zero-order chi connectivity index (χ0) is 96.5. The van der Waals surface area contributed by atoms with Crippen molar-refractivity contribution in [2.45, 2.75) is 0 Å².